The van der Waals surface area contributed by atoms with Crippen molar-refractivity contribution in [1.82, 2.24) is 10.3 Å². The quantitative estimate of drug-likeness (QED) is 0.884. The second-order valence-electron chi connectivity index (χ2n) is 4.53. The number of nitrogens with zero attached hydrogens (tertiary/aromatic N) is 1. The van der Waals surface area contributed by atoms with Crippen molar-refractivity contribution in [2.75, 3.05) is 25.0 Å². The molecule has 2 aromatic rings. The predicted octanol–water partition coefficient (Wildman–Crippen LogP) is 2.49. The molecule has 2 N–H and O–H groups in total. The van der Waals surface area contributed by atoms with Crippen molar-refractivity contribution in [2.24, 2.45) is 0 Å². The van der Waals surface area contributed by atoms with E-state index in [0.717, 1.165) is 36.8 Å². The van der Waals surface area contributed by atoms with Gasteiger partial charge < -0.3 is 15.4 Å². The molecule has 0 saturated carbocycles. The van der Waals surface area contributed by atoms with Gasteiger partial charge in [0.2, 0.25) is 0 Å². The summed E-state index contributed by atoms with van der Waals surface area (Å²) in [5.74, 6) is 0. The Morgan fingerprint density at radius 3 is 2.68 bits per heavy atom. The number of ether oxygens (including phenoxy) is 1. The summed E-state index contributed by atoms with van der Waals surface area (Å²) >= 11 is 0. The molecule has 4 nitrogen and oxygen atoms in total. The number of nitrogens with one attached hydrogen (secondary N) is 2. The van der Waals surface area contributed by atoms with Crippen LogP contribution in [0.2, 0.25) is 0 Å². The molecule has 4 heteroatoms. The molecule has 1 fully saturated rings. The molecule has 1 atom stereocenters. The number of rotatable bonds is 3. The molecule has 98 valence electrons. The molecule has 0 bridgehead atoms. The van der Waals surface area contributed by atoms with E-state index in [1.54, 1.807) is 0 Å². The molecule has 0 radical (unpaired) electrons. The fourth-order valence-corrected chi connectivity index (χ4v) is 2.11. The van der Waals surface area contributed by atoms with E-state index in [-0.39, 0.29) is 6.10 Å². The van der Waals surface area contributed by atoms with Crippen molar-refractivity contribution in [3.63, 3.8) is 0 Å². The SMILES string of the molecule is c1ccc(Nc2ccc(C3CNCCO3)nc2)cc1. The van der Waals surface area contributed by atoms with Crippen LogP contribution in [-0.4, -0.2) is 24.7 Å². The van der Waals surface area contributed by atoms with Crippen LogP contribution in [0.15, 0.2) is 48.7 Å². The summed E-state index contributed by atoms with van der Waals surface area (Å²) in [4.78, 5) is 4.47. The fourth-order valence-electron chi connectivity index (χ4n) is 2.11. The molecule has 1 saturated heterocycles. The first-order valence-electron chi connectivity index (χ1n) is 6.52. The summed E-state index contributed by atoms with van der Waals surface area (Å²) in [6.07, 6.45) is 1.92. The van der Waals surface area contributed by atoms with Crippen molar-refractivity contribution in [3.8, 4) is 0 Å². The second-order valence-corrected chi connectivity index (χ2v) is 4.53. The maximum atomic E-state index is 5.68. The Morgan fingerprint density at radius 2 is 2.00 bits per heavy atom. The van der Waals surface area contributed by atoms with E-state index in [9.17, 15) is 0 Å². The van der Waals surface area contributed by atoms with Crippen LogP contribution in [-0.2, 0) is 4.74 Å². The third-order valence-electron chi connectivity index (χ3n) is 3.11. The van der Waals surface area contributed by atoms with Crippen LogP contribution < -0.4 is 10.6 Å². The maximum Gasteiger partial charge on any atom is 0.112 e. The molecule has 1 aromatic heterocycles. The first kappa shape index (κ1) is 12.1. The molecular formula is C15H17N3O. The zero-order valence-corrected chi connectivity index (χ0v) is 10.7. The van der Waals surface area contributed by atoms with Gasteiger partial charge >= 0.3 is 0 Å². The van der Waals surface area contributed by atoms with Gasteiger partial charge in [-0.2, -0.15) is 0 Å². The zero-order valence-electron chi connectivity index (χ0n) is 10.7. The monoisotopic (exact) mass is 255 g/mol. The number of hydrogen-bond donors (Lipinski definition) is 2. The van der Waals surface area contributed by atoms with Gasteiger partial charge in [-0.15, -0.1) is 0 Å². The molecule has 19 heavy (non-hydrogen) atoms. The minimum absolute atomic E-state index is 0.0690. The highest BCUT2D eigenvalue weighted by molar-refractivity contribution is 5.58. The lowest BCUT2D eigenvalue weighted by Crippen LogP contribution is -2.33. The Bertz CT molecular complexity index is 507. The van der Waals surface area contributed by atoms with Crippen LogP contribution in [0.1, 0.15) is 11.8 Å². The first-order valence-corrected chi connectivity index (χ1v) is 6.52. The van der Waals surface area contributed by atoms with Gasteiger partial charge in [0.1, 0.15) is 6.10 Å². The van der Waals surface area contributed by atoms with E-state index in [1.165, 1.54) is 0 Å². The highest BCUT2D eigenvalue weighted by Crippen LogP contribution is 2.20. The Kier molecular flexibility index (Phi) is 3.72. The molecule has 1 aliphatic heterocycles. The molecule has 2 heterocycles. The summed E-state index contributed by atoms with van der Waals surface area (Å²) in [6.45, 7) is 2.50. The smallest absolute Gasteiger partial charge is 0.112 e. The summed E-state index contributed by atoms with van der Waals surface area (Å²) in [7, 11) is 0. The van der Waals surface area contributed by atoms with Gasteiger partial charge in [-0.1, -0.05) is 18.2 Å². The van der Waals surface area contributed by atoms with Crippen LogP contribution >= 0.6 is 0 Å². The summed E-state index contributed by atoms with van der Waals surface area (Å²) < 4.78 is 5.68. The number of anilines is 2. The van der Waals surface area contributed by atoms with Gasteiger partial charge in [-0.3, -0.25) is 4.98 Å². The molecular weight excluding hydrogens is 238 g/mol. The minimum Gasteiger partial charge on any atom is -0.369 e. The van der Waals surface area contributed by atoms with Crippen molar-refractivity contribution < 1.29 is 4.74 Å². The Morgan fingerprint density at radius 1 is 1.11 bits per heavy atom. The molecule has 1 unspecified atom stereocenters. The van der Waals surface area contributed by atoms with Gasteiger partial charge in [0.15, 0.2) is 0 Å². The van der Waals surface area contributed by atoms with E-state index < -0.39 is 0 Å². The van der Waals surface area contributed by atoms with Crippen LogP contribution in [0.3, 0.4) is 0 Å². The fraction of sp³-hybridized carbons (Fsp3) is 0.267. The van der Waals surface area contributed by atoms with Crippen LogP contribution in [0.25, 0.3) is 0 Å². The van der Waals surface area contributed by atoms with Gasteiger partial charge in [-0.25, -0.2) is 0 Å². The number of pyridine rings is 1. The average Bonchev–Trinajstić information content (AvgIpc) is 2.50. The molecule has 0 spiro atoms. The first-order chi connectivity index (χ1) is 9.42. The maximum absolute atomic E-state index is 5.68. The van der Waals surface area contributed by atoms with Crippen molar-refractivity contribution >= 4 is 11.4 Å². The Balaban J connectivity index is 1.68. The van der Waals surface area contributed by atoms with Crippen molar-refractivity contribution in [3.05, 3.63) is 54.4 Å². The van der Waals surface area contributed by atoms with Gasteiger partial charge in [-0.05, 0) is 24.3 Å². The highest BCUT2D eigenvalue weighted by Gasteiger charge is 2.16. The van der Waals surface area contributed by atoms with E-state index in [4.69, 9.17) is 4.74 Å². The lowest BCUT2D eigenvalue weighted by molar-refractivity contribution is 0.0250. The van der Waals surface area contributed by atoms with E-state index in [1.807, 2.05) is 48.7 Å². The summed E-state index contributed by atoms with van der Waals surface area (Å²) in [5.41, 5.74) is 3.03. The molecule has 3 rings (SSSR count). The van der Waals surface area contributed by atoms with Crippen molar-refractivity contribution in [1.29, 1.82) is 0 Å². The molecule has 0 aliphatic carbocycles. The lowest BCUT2D eigenvalue weighted by atomic mass is 10.2. The number of aromatic nitrogens is 1. The molecule has 1 aliphatic rings. The van der Waals surface area contributed by atoms with E-state index in [2.05, 4.69) is 15.6 Å². The normalized spacial score (nSPS) is 19.1. The summed E-state index contributed by atoms with van der Waals surface area (Å²) in [6, 6.07) is 14.1. The van der Waals surface area contributed by atoms with E-state index in [0.29, 0.717) is 0 Å². The van der Waals surface area contributed by atoms with Gasteiger partial charge in [0, 0.05) is 18.8 Å². The summed E-state index contributed by atoms with van der Waals surface area (Å²) in [5, 5.41) is 6.62. The number of para-hydroxylation sites is 1. The second kappa shape index (κ2) is 5.82. The van der Waals surface area contributed by atoms with Gasteiger partial charge in [0.25, 0.3) is 0 Å². The molecule has 0 amide bonds. The minimum atomic E-state index is 0.0690. The van der Waals surface area contributed by atoms with Crippen LogP contribution in [0.4, 0.5) is 11.4 Å². The lowest BCUT2D eigenvalue weighted by Gasteiger charge is -2.23. The standard InChI is InChI=1S/C15H17N3O/c1-2-4-12(5-3-1)18-13-6-7-14(17-10-13)15-11-16-8-9-19-15/h1-7,10,15-16,18H,8-9,11H2. The largest absolute Gasteiger partial charge is 0.369 e. The Labute approximate surface area is 112 Å². The number of hydrogen-bond acceptors (Lipinski definition) is 4. The van der Waals surface area contributed by atoms with Crippen LogP contribution in [0.5, 0.6) is 0 Å². The van der Waals surface area contributed by atoms with Crippen LogP contribution in [0, 0.1) is 0 Å². The number of morpholine rings is 1. The van der Waals surface area contributed by atoms with Crippen molar-refractivity contribution in [2.45, 2.75) is 6.10 Å². The van der Waals surface area contributed by atoms with Gasteiger partial charge in [0.05, 0.1) is 24.2 Å². The topological polar surface area (TPSA) is 46.2 Å². The Hall–Kier alpha value is -1.91. The zero-order chi connectivity index (χ0) is 12.9. The predicted molar refractivity (Wildman–Crippen MR) is 75.5 cm³/mol. The highest BCUT2D eigenvalue weighted by atomic mass is 16.5. The third kappa shape index (κ3) is 3.10. The average molecular weight is 255 g/mol. The van der Waals surface area contributed by atoms with E-state index >= 15 is 0 Å². The third-order valence-corrected chi connectivity index (χ3v) is 3.11. The number of benzene rings is 1. The molecule has 1 aromatic carbocycles.